The third kappa shape index (κ3) is 2.73. The number of hydrogen-bond acceptors (Lipinski definition) is 2. The second-order valence-electron chi connectivity index (χ2n) is 5.27. The molecule has 0 bridgehead atoms. The molecule has 1 rings (SSSR count). The molecule has 0 aliphatic carbocycles. The molecule has 0 aliphatic heterocycles. The van der Waals surface area contributed by atoms with Crippen LogP contribution in [-0.4, -0.2) is 19.0 Å². The molecule has 2 heteroatoms. The van der Waals surface area contributed by atoms with E-state index in [0.717, 1.165) is 6.42 Å². The van der Waals surface area contributed by atoms with Crippen LogP contribution in [0.3, 0.4) is 0 Å². The summed E-state index contributed by atoms with van der Waals surface area (Å²) in [7, 11) is 4.11. The van der Waals surface area contributed by atoms with E-state index in [2.05, 4.69) is 64.9 Å². The highest BCUT2D eigenvalue weighted by atomic mass is 15.1. The minimum absolute atomic E-state index is 0.0424. The number of rotatable bonds is 4. The second kappa shape index (κ2) is 6.02. The van der Waals surface area contributed by atoms with Gasteiger partial charge in [-0.2, -0.15) is 5.26 Å². The predicted octanol–water partition coefficient (Wildman–Crippen LogP) is 3.76. The molecule has 2 unspecified atom stereocenters. The fourth-order valence-corrected chi connectivity index (χ4v) is 2.54. The summed E-state index contributed by atoms with van der Waals surface area (Å²) in [6.07, 6.45) is 0.881. The van der Waals surface area contributed by atoms with Gasteiger partial charge in [0.1, 0.15) is 0 Å². The van der Waals surface area contributed by atoms with Crippen molar-refractivity contribution >= 4 is 0 Å². The van der Waals surface area contributed by atoms with Gasteiger partial charge in [0, 0.05) is 0 Å². The standard InChI is InChI=1S/C16H24N2/c1-7-14(10-17)16(18(5)6)15-9-8-11(2)12(3)13(15)4/h8-9,14,16H,7H2,1-6H3. The summed E-state index contributed by atoms with van der Waals surface area (Å²) in [6, 6.07) is 6.98. The maximum absolute atomic E-state index is 9.34. The molecule has 1 aromatic carbocycles. The zero-order valence-electron chi connectivity index (χ0n) is 12.4. The van der Waals surface area contributed by atoms with E-state index >= 15 is 0 Å². The van der Waals surface area contributed by atoms with Crippen molar-refractivity contribution in [3.05, 3.63) is 34.4 Å². The summed E-state index contributed by atoms with van der Waals surface area (Å²) in [5, 5.41) is 9.34. The lowest BCUT2D eigenvalue weighted by Gasteiger charge is -2.30. The van der Waals surface area contributed by atoms with Crippen LogP contribution in [0.5, 0.6) is 0 Å². The summed E-state index contributed by atoms with van der Waals surface area (Å²) in [5.74, 6) is 0.0424. The Kier molecular flexibility index (Phi) is 4.93. The number of nitriles is 1. The summed E-state index contributed by atoms with van der Waals surface area (Å²) in [4.78, 5) is 2.16. The van der Waals surface area contributed by atoms with E-state index in [-0.39, 0.29) is 12.0 Å². The van der Waals surface area contributed by atoms with Crippen LogP contribution in [0.1, 0.15) is 41.6 Å². The van der Waals surface area contributed by atoms with E-state index in [1.807, 2.05) is 0 Å². The highest BCUT2D eigenvalue weighted by Crippen LogP contribution is 2.32. The van der Waals surface area contributed by atoms with Gasteiger partial charge < -0.3 is 4.90 Å². The van der Waals surface area contributed by atoms with Crippen molar-refractivity contribution in [2.24, 2.45) is 5.92 Å². The molecular weight excluding hydrogens is 220 g/mol. The number of benzene rings is 1. The van der Waals surface area contributed by atoms with Gasteiger partial charge >= 0.3 is 0 Å². The molecule has 0 radical (unpaired) electrons. The van der Waals surface area contributed by atoms with Crippen LogP contribution in [0.25, 0.3) is 0 Å². The zero-order valence-corrected chi connectivity index (χ0v) is 12.4. The van der Waals surface area contributed by atoms with Crippen molar-refractivity contribution in [3.8, 4) is 6.07 Å². The van der Waals surface area contributed by atoms with Crippen LogP contribution in [0, 0.1) is 38.0 Å². The average molecular weight is 244 g/mol. The lowest BCUT2D eigenvalue weighted by atomic mass is 9.86. The highest BCUT2D eigenvalue weighted by Gasteiger charge is 2.25. The molecule has 0 aromatic heterocycles. The largest absolute Gasteiger partial charge is 0.301 e. The SMILES string of the molecule is CCC(C#N)C(c1ccc(C)c(C)c1C)N(C)C. The summed E-state index contributed by atoms with van der Waals surface area (Å²) in [6.45, 7) is 8.55. The number of nitrogens with zero attached hydrogens (tertiary/aromatic N) is 2. The van der Waals surface area contributed by atoms with Crippen LogP contribution in [-0.2, 0) is 0 Å². The molecule has 2 nitrogen and oxygen atoms in total. The van der Waals surface area contributed by atoms with Crippen molar-refractivity contribution in [1.29, 1.82) is 5.26 Å². The molecule has 0 fully saturated rings. The van der Waals surface area contributed by atoms with E-state index in [0.29, 0.717) is 0 Å². The first-order valence-corrected chi connectivity index (χ1v) is 6.56. The van der Waals surface area contributed by atoms with Gasteiger partial charge in [-0.25, -0.2) is 0 Å². The molecule has 0 amide bonds. The van der Waals surface area contributed by atoms with Crippen LogP contribution < -0.4 is 0 Å². The molecule has 0 heterocycles. The Labute approximate surface area is 111 Å². The fourth-order valence-electron chi connectivity index (χ4n) is 2.54. The van der Waals surface area contributed by atoms with Gasteiger partial charge in [0.15, 0.2) is 0 Å². The van der Waals surface area contributed by atoms with Gasteiger partial charge in [-0.3, -0.25) is 0 Å². The van der Waals surface area contributed by atoms with Crippen LogP contribution in [0.2, 0.25) is 0 Å². The quantitative estimate of drug-likeness (QED) is 0.806. The summed E-state index contributed by atoms with van der Waals surface area (Å²) >= 11 is 0. The molecule has 0 aliphatic rings. The van der Waals surface area contributed by atoms with Gasteiger partial charge in [-0.05, 0) is 63.5 Å². The predicted molar refractivity (Wildman–Crippen MR) is 76.5 cm³/mol. The van der Waals surface area contributed by atoms with E-state index in [9.17, 15) is 5.26 Å². The summed E-state index contributed by atoms with van der Waals surface area (Å²) in [5.41, 5.74) is 5.27. The Morgan fingerprint density at radius 1 is 1.17 bits per heavy atom. The van der Waals surface area contributed by atoms with Crippen molar-refractivity contribution in [2.75, 3.05) is 14.1 Å². The lowest BCUT2D eigenvalue weighted by Crippen LogP contribution is -2.27. The van der Waals surface area contributed by atoms with E-state index in [1.54, 1.807) is 0 Å². The number of aryl methyl sites for hydroxylation is 1. The first-order chi connectivity index (χ1) is 8.43. The van der Waals surface area contributed by atoms with Gasteiger partial charge in [-0.15, -0.1) is 0 Å². The Balaban J connectivity index is 3.32. The van der Waals surface area contributed by atoms with Gasteiger partial charge in [0.2, 0.25) is 0 Å². The smallest absolute Gasteiger partial charge is 0.0675 e. The third-order valence-electron chi connectivity index (χ3n) is 3.96. The van der Waals surface area contributed by atoms with Crippen LogP contribution in [0.15, 0.2) is 12.1 Å². The molecular formula is C16H24N2. The van der Waals surface area contributed by atoms with E-state index in [1.165, 1.54) is 22.3 Å². The van der Waals surface area contributed by atoms with E-state index in [4.69, 9.17) is 0 Å². The Morgan fingerprint density at radius 2 is 1.78 bits per heavy atom. The van der Waals surface area contributed by atoms with Gasteiger partial charge in [-0.1, -0.05) is 19.1 Å². The average Bonchev–Trinajstić information content (AvgIpc) is 2.34. The molecule has 1 aromatic rings. The first kappa shape index (κ1) is 14.7. The summed E-state index contributed by atoms with van der Waals surface area (Å²) < 4.78 is 0. The van der Waals surface area contributed by atoms with E-state index < -0.39 is 0 Å². The monoisotopic (exact) mass is 244 g/mol. The lowest BCUT2D eigenvalue weighted by molar-refractivity contribution is 0.240. The molecule has 98 valence electrons. The van der Waals surface area contributed by atoms with Gasteiger partial charge in [0.25, 0.3) is 0 Å². The molecule has 18 heavy (non-hydrogen) atoms. The molecule has 2 atom stereocenters. The van der Waals surface area contributed by atoms with Crippen LogP contribution >= 0.6 is 0 Å². The first-order valence-electron chi connectivity index (χ1n) is 6.56. The Morgan fingerprint density at radius 3 is 2.22 bits per heavy atom. The van der Waals surface area contributed by atoms with Crippen molar-refractivity contribution in [3.63, 3.8) is 0 Å². The van der Waals surface area contributed by atoms with Gasteiger partial charge in [0.05, 0.1) is 18.0 Å². The fraction of sp³-hybridized carbons (Fsp3) is 0.562. The second-order valence-corrected chi connectivity index (χ2v) is 5.27. The van der Waals surface area contributed by atoms with Crippen molar-refractivity contribution in [1.82, 2.24) is 4.90 Å². The molecule has 0 N–H and O–H groups in total. The third-order valence-corrected chi connectivity index (χ3v) is 3.96. The highest BCUT2D eigenvalue weighted by molar-refractivity contribution is 5.41. The topological polar surface area (TPSA) is 27.0 Å². The Hall–Kier alpha value is -1.33. The minimum Gasteiger partial charge on any atom is -0.301 e. The molecule has 0 saturated carbocycles. The zero-order chi connectivity index (χ0) is 13.9. The maximum Gasteiger partial charge on any atom is 0.0675 e. The van der Waals surface area contributed by atoms with Crippen molar-refractivity contribution < 1.29 is 0 Å². The van der Waals surface area contributed by atoms with Crippen LogP contribution in [0.4, 0.5) is 0 Å². The van der Waals surface area contributed by atoms with Crippen molar-refractivity contribution in [2.45, 2.75) is 40.2 Å². The normalized spacial score (nSPS) is 14.3. The molecule has 0 saturated heterocycles. The minimum atomic E-state index is 0.0424. The number of hydrogen-bond donors (Lipinski definition) is 0. The Bertz CT molecular complexity index is 455. The maximum atomic E-state index is 9.34. The molecule has 0 spiro atoms.